The Kier molecular flexibility index (Phi) is 8.05. The van der Waals surface area contributed by atoms with Gasteiger partial charge in [-0.3, -0.25) is 19.2 Å². The first-order valence-electron chi connectivity index (χ1n) is 13.1. The SMILES string of the molecule is CCCC(NC(=O)[C@@H]1C2C(CN1C(=O)[C@@H](NC(=O)OC(C)(C)C)C1CCCC1)C2(C)C)C(=O)C(N)=O. The lowest BCUT2D eigenvalue weighted by Crippen LogP contribution is -2.59. The van der Waals surface area contributed by atoms with E-state index < -0.39 is 47.4 Å². The van der Waals surface area contributed by atoms with E-state index in [-0.39, 0.29) is 35.5 Å². The van der Waals surface area contributed by atoms with Crippen LogP contribution in [-0.2, 0) is 23.9 Å². The van der Waals surface area contributed by atoms with Crippen LogP contribution in [0.2, 0.25) is 0 Å². The molecule has 3 unspecified atom stereocenters. The predicted molar refractivity (Wildman–Crippen MR) is 132 cm³/mol. The molecule has 10 nitrogen and oxygen atoms in total. The number of nitrogens with zero attached hydrogens (tertiary/aromatic N) is 1. The summed E-state index contributed by atoms with van der Waals surface area (Å²) in [6.45, 7) is 11.6. The zero-order valence-corrected chi connectivity index (χ0v) is 22.4. The van der Waals surface area contributed by atoms with Crippen LogP contribution >= 0.6 is 0 Å². The molecule has 0 aromatic heterocycles. The molecular weight excluding hydrogens is 464 g/mol. The lowest BCUT2D eigenvalue weighted by molar-refractivity contribution is -0.144. The molecule has 0 aromatic carbocycles. The summed E-state index contributed by atoms with van der Waals surface area (Å²) < 4.78 is 5.42. The first-order valence-corrected chi connectivity index (χ1v) is 13.1. The summed E-state index contributed by atoms with van der Waals surface area (Å²) in [5, 5.41) is 5.50. The summed E-state index contributed by atoms with van der Waals surface area (Å²) in [4.78, 5) is 65.4. The van der Waals surface area contributed by atoms with Gasteiger partial charge in [0, 0.05) is 6.54 Å². The molecule has 202 valence electrons. The highest BCUT2D eigenvalue weighted by Gasteiger charge is 2.69. The maximum atomic E-state index is 13.9. The highest BCUT2D eigenvalue weighted by molar-refractivity contribution is 6.37. The molecule has 0 bridgehead atoms. The molecule has 4 amide bonds. The maximum Gasteiger partial charge on any atom is 0.408 e. The molecule has 1 saturated heterocycles. The molecule has 36 heavy (non-hydrogen) atoms. The number of ketones is 1. The van der Waals surface area contributed by atoms with Crippen molar-refractivity contribution in [3.05, 3.63) is 0 Å². The molecule has 3 fully saturated rings. The number of amides is 4. The van der Waals surface area contributed by atoms with Crippen molar-refractivity contribution in [1.82, 2.24) is 15.5 Å². The second-order valence-corrected chi connectivity index (χ2v) is 12.1. The van der Waals surface area contributed by atoms with E-state index >= 15 is 0 Å². The van der Waals surface area contributed by atoms with E-state index in [1.54, 1.807) is 25.7 Å². The number of rotatable bonds is 9. The number of nitrogens with one attached hydrogen (secondary N) is 2. The number of piperidine rings is 1. The standard InChI is InChI=1S/C26H42N4O6/c1-7-10-16(20(31)21(27)32)28-22(33)19-17-15(26(17,5)6)13-30(19)23(34)18(14-11-8-9-12-14)29-24(35)36-25(2,3)4/h14-19H,7-13H2,1-6H3,(H2,27,32)(H,28,33)(H,29,35)/t15?,16?,17?,18-,19-/m0/s1. The molecule has 0 aromatic rings. The van der Waals surface area contributed by atoms with E-state index in [9.17, 15) is 24.0 Å². The van der Waals surface area contributed by atoms with Crippen molar-refractivity contribution in [3.63, 3.8) is 0 Å². The van der Waals surface area contributed by atoms with Crippen molar-refractivity contribution in [2.45, 2.75) is 104 Å². The van der Waals surface area contributed by atoms with E-state index in [4.69, 9.17) is 10.5 Å². The summed E-state index contributed by atoms with van der Waals surface area (Å²) in [5.41, 5.74) is 4.35. The molecule has 3 rings (SSSR count). The van der Waals surface area contributed by atoms with Gasteiger partial charge in [-0.25, -0.2) is 4.79 Å². The molecule has 2 aliphatic carbocycles. The molecule has 10 heteroatoms. The number of carbonyl (C=O) groups is 5. The number of Topliss-reactive ketones (excluding diaryl/α,β-unsaturated/α-hetero) is 1. The van der Waals surface area contributed by atoms with Crippen molar-refractivity contribution >= 4 is 29.6 Å². The highest BCUT2D eigenvalue weighted by atomic mass is 16.6. The number of likely N-dealkylation sites (tertiary alicyclic amines) is 1. The Morgan fingerprint density at radius 1 is 1.08 bits per heavy atom. The van der Waals surface area contributed by atoms with Gasteiger partial charge in [-0.05, 0) is 63.2 Å². The first kappa shape index (κ1) is 27.9. The van der Waals surface area contributed by atoms with Gasteiger partial charge in [-0.1, -0.05) is 40.0 Å². The first-order chi connectivity index (χ1) is 16.7. The number of ether oxygens (including phenoxy) is 1. The zero-order valence-electron chi connectivity index (χ0n) is 22.4. The second-order valence-electron chi connectivity index (χ2n) is 12.1. The van der Waals surface area contributed by atoms with Crippen molar-refractivity contribution in [2.24, 2.45) is 28.9 Å². The van der Waals surface area contributed by atoms with E-state index in [1.807, 2.05) is 6.92 Å². The average Bonchev–Trinajstić information content (AvgIpc) is 3.22. The fraction of sp³-hybridized carbons (Fsp3) is 0.808. The predicted octanol–water partition coefficient (Wildman–Crippen LogP) is 1.89. The van der Waals surface area contributed by atoms with Crippen LogP contribution < -0.4 is 16.4 Å². The second kappa shape index (κ2) is 10.4. The van der Waals surface area contributed by atoms with Gasteiger partial charge in [-0.2, -0.15) is 0 Å². The third kappa shape index (κ3) is 5.83. The van der Waals surface area contributed by atoms with Gasteiger partial charge in [-0.15, -0.1) is 0 Å². The summed E-state index contributed by atoms with van der Waals surface area (Å²) in [6, 6.07) is -2.61. The summed E-state index contributed by atoms with van der Waals surface area (Å²) in [6.07, 6.45) is 3.74. The fourth-order valence-electron chi connectivity index (χ4n) is 6.08. The number of carbonyl (C=O) groups excluding carboxylic acids is 5. The third-order valence-electron chi connectivity index (χ3n) is 8.02. The monoisotopic (exact) mass is 506 g/mol. The maximum absolute atomic E-state index is 13.9. The van der Waals surface area contributed by atoms with Gasteiger partial charge >= 0.3 is 6.09 Å². The molecule has 0 spiro atoms. The van der Waals surface area contributed by atoms with Gasteiger partial charge in [0.2, 0.25) is 17.6 Å². The van der Waals surface area contributed by atoms with E-state index in [0.717, 1.165) is 25.7 Å². The summed E-state index contributed by atoms with van der Waals surface area (Å²) >= 11 is 0. The Morgan fingerprint density at radius 3 is 2.22 bits per heavy atom. The third-order valence-corrected chi connectivity index (χ3v) is 8.02. The van der Waals surface area contributed by atoms with E-state index in [2.05, 4.69) is 24.5 Å². The average molecular weight is 507 g/mol. The lowest BCUT2D eigenvalue weighted by atomic mass is 9.94. The van der Waals surface area contributed by atoms with Crippen molar-refractivity contribution in [3.8, 4) is 0 Å². The molecule has 3 aliphatic rings. The largest absolute Gasteiger partial charge is 0.444 e. The summed E-state index contributed by atoms with van der Waals surface area (Å²) in [5.74, 6) is -2.68. The van der Waals surface area contributed by atoms with Crippen LogP contribution in [-0.4, -0.2) is 64.8 Å². The van der Waals surface area contributed by atoms with Gasteiger partial charge in [0.1, 0.15) is 17.7 Å². The summed E-state index contributed by atoms with van der Waals surface area (Å²) in [7, 11) is 0. The Bertz CT molecular complexity index is 905. The van der Waals surface area contributed by atoms with Gasteiger partial charge in [0.05, 0.1) is 6.04 Å². The van der Waals surface area contributed by atoms with Gasteiger partial charge < -0.3 is 26.0 Å². The highest BCUT2D eigenvalue weighted by Crippen LogP contribution is 2.65. The minimum atomic E-state index is -1.10. The number of primary amides is 1. The zero-order chi connectivity index (χ0) is 27.0. The van der Waals surface area contributed by atoms with Crippen LogP contribution in [0.3, 0.4) is 0 Å². The molecule has 1 aliphatic heterocycles. The molecule has 5 atom stereocenters. The van der Waals surface area contributed by atoms with Gasteiger partial charge in [0.15, 0.2) is 0 Å². The number of nitrogens with two attached hydrogens (primary N) is 1. The Labute approximate surface area is 213 Å². The van der Waals surface area contributed by atoms with Crippen LogP contribution in [0.5, 0.6) is 0 Å². The molecule has 0 radical (unpaired) electrons. The smallest absolute Gasteiger partial charge is 0.408 e. The molecule has 4 N–H and O–H groups in total. The van der Waals surface area contributed by atoms with Crippen LogP contribution in [0.1, 0.15) is 80.1 Å². The fourth-order valence-corrected chi connectivity index (χ4v) is 6.08. The molecule has 2 saturated carbocycles. The van der Waals surface area contributed by atoms with E-state index in [0.29, 0.717) is 13.0 Å². The number of alkyl carbamates (subject to hydrolysis) is 1. The van der Waals surface area contributed by atoms with Crippen molar-refractivity contribution < 1.29 is 28.7 Å². The molecule has 1 heterocycles. The minimum absolute atomic E-state index is 0.0389. The van der Waals surface area contributed by atoms with Gasteiger partial charge in [0.25, 0.3) is 5.91 Å². The molecular formula is C26H42N4O6. The van der Waals surface area contributed by atoms with Crippen LogP contribution in [0, 0.1) is 23.2 Å². The quantitative estimate of drug-likeness (QED) is 0.407. The van der Waals surface area contributed by atoms with Crippen LogP contribution in [0.25, 0.3) is 0 Å². The number of fused-ring (bicyclic) bond motifs is 1. The number of hydrogen-bond donors (Lipinski definition) is 3. The Hall–Kier alpha value is -2.65. The topological polar surface area (TPSA) is 148 Å². The van der Waals surface area contributed by atoms with Crippen molar-refractivity contribution in [2.75, 3.05) is 6.54 Å². The van der Waals surface area contributed by atoms with Crippen molar-refractivity contribution in [1.29, 1.82) is 0 Å². The lowest BCUT2D eigenvalue weighted by Gasteiger charge is -2.35. The normalized spacial score (nSPS) is 26.5. The van der Waals surface area contributed by atoms with Crippen LogP contribution in [0.15, 0.2) is 0 Å². The van der Waals surface area contributed by atoms with E-state index in [1.165, 1.54) is 0 Å². The Morgan fingerprint density at radius 2 is 1.69 bits per heavy atom. The minimum Gasteiger partial charge on any atom is -0.444 e. The van der Waals surface area contributed by atoms with Crippen LogP contribution in [0.4, 0.5) is 4.79 Å². The number of hydrogen-bond acceptors (Lipinski definition) is 6. The Balaban J connectivity index is 1.84.